The first-order valence-corrected chi connectivity index (χ1v) is 14.9. The van der Waals surface area contributed by atoms with Crippen LogP contribution in [-0.2, 0) is 21.4 Å². The molecule has 3 fully saturated rings. The molecule has 3 aromatic rings. The summed E-state index contributed by atoms with van der Waals surface area (Å²) in [6, 6.07) is 14.5. The Morgan fingerprint density at radius 3 is 2.54 bits per heavy atom. The monoisotopic (exact) mass is 520 g/mol. The highest BCUT2D eigenvalue weighted by atomic mass is 32.2. The van der Waals surface area contributed by atoms with Gasteiger partial charge < -0.3 is 9.32 Å². The standard InChI is InChI=1S/C30H36N2O4S/c1-20-4-8-25(9-5-20)37(34,35)32-19-23-17-26(23)28(32)29(33)31(24-10-13-30(2,3)14-11-24)18-21-6-7-22-12-15-36-27(22)16-21/h4-9,12,15-16,23-24,26,28H,10-11,13-14,17-19H2,1-3H3/t23-,26-,28-/m1/s1. The second kappa shape index (κ2) is 8.98. The van der Waals surface area contributed by atoms with Crippen LogP contribution in [0.3, 0.4) is 0 Å². The number of carbonyl (C=O) groups is 1. The topological polar surface area (TPSA) is 70.8 Å². The van der Waals surface area contributed by atoms with Crippen molar-refractivity contribution in [2.75, 3.05) is 6.54 Å². The summed E-state index contributed by atoms with van der Waals surface area (Å²) < 4.78 is 34.6. The third-order valence-electron chi connectivity index (χ3n) is 8.89. The highest BCUT2D eigenvalue weighted by Crippen LogP contribution is 2.52. The molecule has 6 rings (SSSR count). The lowest BCUT2D eigenvalue weighted by Gasteiger charge is -2.42. The zero-order chi connectivity index (χ0) is 25.9. The van der Waals surface area contributed by atoms with Gasteiger partial charge in [-0.2, -0.15) is 4.31 Å². The van der Waals surface area contributed by atoms with Gasteiger partial charge in [-0.05, 0) is 86.1 Å². The van der Waals surface area contributed by atoms with Gasteiger partial charge in [-0.15, -0.1) is 0 Å². The van der Waals surface area contributed by atoms with Gasteiger partial charge in [0.15, 0.2) is 0 Å². The molecule has 1 aromatic heterocycles. The number of hydrogen-bond acceptors (Lipinski definition) is 4. The van der Waals surface area contributed by atoms with E-state index in [0.717, 1.165) is 54.2 Å². The van der Waals surface area contributed by atoms with Crippen LogP contribution in [-0.4, -0.2) is 42.2 Å². The third kappa shape index (κ3) is 4.61. The molecule has 2 aromatic carbocycles. The maximum atomic E-state index is 14.4. The van der Waals surface area contributed by atoms with Crippen LogP contribution in [0.2, 0.25) is 0 Å². The summed E-state index contributed by atoms with van der Waals surface area (Å²) in [6.45, 7) is 7.43. The molecule has 3 atom stereocenters. The van der Waals surface area contributed by atoms with E-state index in [-0.39, 0.29) is 34.1 Å². The first kappa shape index (κ1) is 24.7. The summed E-state index contributed by atoms with van der Waals surface area (Å²) in [7, 11) is -3.76. The van der Waals surface area contributed by atoms with Gasteiger partial charge in [-0.3, -0.25) is 4.79 Å². The number of furan rings is 1. The van der Waals surface area contributed by atoms with Crippen molar-refractivity contribution in [3.63, 3.8) is 0 Å². The average Bonchev–Trinajstić information content (AvgIpc) is 3.29. The van der Waals surface area contributed by atoms with Crippen LogP contribution in [0.25, 0.3) is 11.0 Å². The molecular formula is C30H36N2O4S. The molecule has 1 amide bonds. The Morgan fingerprint density at radius 1 is 1.08 bits per heavy atom. The van der Waals surface area contributed by atoms with Crippen LogP contribution in [0.15, 0.2) is 64.1 Å². The summed E-state index contributed by atoms with van der Waals surface area (Å²) in [4.78, 5) is 16.7. The van der Waals surface area contributed by atoms with Crippen molar-refractivity contribution in [1.29, 1.82) is 0 Å². The van der Waals surface area contributed by atoms with Crippen LogP contribution >= 0.6 is 0 Å². The molecule has 0 unspecified atom stereocenters. The quantitative estimate of drug-likeness (QED) is 0.415. The van der Waals surface area contributed by atoms with E-state index in [9.17, 15) is 13.2 Å². The van der Waals surface area contributed by atoms with Gasteiger partial charge >= 0.3 is 0 Å². The molecule has 2 heterocycles. The highest BCUT2D eigenvalue weighted by Gasteiger charge is 2.60. The fourth-order valence-electron chi connectivity index (χ4n) is 6.37. The summed E-state index contributed by atoms with van der Waals surface area (Å²) in [5.74, 6) is 0.355. The number of benzene rings is 2. The second-order valence-electron chi connectivity index (χ2n) is 12.1. The molecule has 196 valence electrons. The maximum Gasteiger partial charge on any atom is 0.243 e. The van der Waals surface area contributed by atoms with E-state index in [2.05, 4.69) is 19.9 Å². The Balaban J connectivity index is 1.32. The Labute approximate surface area is 219 Å². The van der Waals surface area contributed by atoms with Crippen LogP contribution in [0.5, 0.6) is 0 Å². The summed E-state index contributed by atoms with van der Waals surface area (Å²) >= 11 is 0. The van der Waals surface area contributed by atoms with Gasteiger partial charge in [0.2, 0.25) is 15.9 Å². The van der Waals surface area contributed by atoms with E-state index < -0.39 is 16.1 Å². The lowest BCUT2D eigenvalue weighted by molar-refractivity contribution is -0.139. The van der Waals surface area contributed by atoms with Gasteiger partial charge in [0.1, 0.15) is 11.6 Å². The summed E-state index contributed by atoms with van der Waals surface area (Å²) in [5, 5.41) is 1.04. The summed E-state index contributed by atoms with van der Waals surface area (Å²) in [6.07, 6.45) is 6.60. The predicted molar refractivity (Wildman–Crippen MR) is 143 cm³/mol. The third-order valence-corrected chi connectivity index (χ3v) is 10.8. The number of piperidine rings is 1. The number of aryl methyl sites for hydroxylation is 1. The van der Waals surface area contributed by atoms with Crippen molar-refractivity contribution in [3.05, 3.63) is 65.9 Å². The Morgan fingerprint density at radius 2 is 1.81 bits per heavy atom. The van der Waals surface area contributed by atoms with E-state index in [4.69, 9.17) is 4.42 Å². The van der Waals surface area contributed by atoms with Crippen molar-refractivity contribution in [2.24, 2.45) is 17.3 Å². The number of fused-ring (bicyclic) bond motifs is 2. The molecule has 2 aliphatic carbocycles. The molecule has 37 heavy (non-hydrogen) atoms. The van der Waals surface area contributed by atoms with Crippen molar-refractivity contribution in [1.82, 2.24) is 9.21 Å². The van der Waals surface area contributed by atoms with Gasteiger partial charge in [-0.1, -0.05) is 43.7 Å². The molecule has 1 saturated heterocycles. The number of sulfonamides is 1. The predicted octanol–water partition coefficient (Wildman–Crippen LogP) is 5.75. The Bertz CT molecular complexity index is 1420. The van der Waals surface area contributed by atoms with Crippen LogP contribution < -0.4 is 0 Å². The van der Waals surface area contributed by atoms with E-state index in [0.29, 0.717) is 13.1 Å². The van der Waals surface area contributed by atoms with E-state index in [1.807, 2.05) is 42.2 Å². The Kier molecular flexibility index (Phi) is 5.99. The van der Waals surface area contributed by atoms with E-state index >= 15 is 0 Å². The normalized spacial score (nSPS) is 25.8. The number of hydrogen-bond donors (Lipinski definition) is 0. The zero-order valence-corrected chi connectivity index (χ0v) is 22.7. The number of nitrogens with zero attached hydrogens (tertiary/aromatic N) is 2. The van der Waals surface area contributed by atoms with Crippen LogP contribution in [0.1, 0.15) is 57.1 Å². The molecular weight excluding hydrogens is 484 g/mol. The molecule has 0 spiro atoms. The largest absolute Gasteiger partial charge is 0.464 e. The number of amides is 1. The van der Waals surface area contributed by atoms with Crippen LogP contribution in [0.4, 0.5) is 0 Å². The molecule has 1 aliphatic heterocycles. The lowest BCUT2D eigenvalue weighted by atomic mass is 9.75. The van der Waals surface area contributed by atoms with Gasteiger partial charge in [0.05, 0.1) is 11.2 Å². The fraction of sp³-hybridized carbons (Fsp3) is 0.500. The molecule has 2 saturated carbocycles. The minimum Gasteiger partial charge on any atom is -0.464 e. The van der Waals surface area contributed by atoms with Crippen molar-refractivity contribution in [2.45, 2.75) is 76.4 Å². The molecule has 3 aliphatic rings. The average molecular weight is 521 g/mol. The number of carbonyl (C=O) groups excluding carboxylic acids is 1. The van der Waals surface area contributed by atoms with E-state index in [1.165, 1.54) is 4.31 Å². The zero-order valence-electron chi connectivity index (χ0n) is 21.9. The SMILES string of the molecule is Cc1ccc(S(=O)(=O)N2C[C@H]3C[C@H]3[C@@H]2C(=O)N(Cc2ccc3ccoc3c2)C2CCC(C)(C)CC2)cc1. The van der Waals surface area contributed by atoms with E-state index in [1.54, 1.807) is 18.4 Å². The summed E-state index contributed by atoms with van der Waals surface area (Å²) in [5.41, 5.74) is 3.10. The van der Waals surface area contributed by atoms with Gasteiger partial charge in [0, 0.05) is 24.5 Å². The van der Waals surface area contributed by atoms with Gasteiger partial charge in [-0.25, -0.2) is 8.42 Å². The maximum absolute atomic E-state index is 14.4. The number of rotatable bonds is 6. The minimum atomic E-state index is -3.76. The molecule has 7 heteroatoms. The van der Waals surface area contributed by atoms with Crippen molar-refractivity contribution >= 4 is 26.9 Å². The molecule has 6 nitrogen and oxygen atoms in total. The molecule has 0 N–H and O–H groups in total. The Hall–Kier alpha value is -2.64. The van der Waals surface area contributed by atoms with Crippen molar-refractivity contribution < 1.29 is 17.6 Å². The minimum absolute atomic E-state index is 0.0371. The van der Waals surface area contributed by atoms with Gasteiger partial charge in [0.25, 0.3) is 0 Å². The van der Waals surface area contributed by atoms with Crippen molar-refractivity contribution in [3.8, 4) is 0 Å². The molecule has 0 bridgehead atoms. The highest BCUT2D eigenvalue weighted by molar-refractivity contribution is 7.89. The smallest absolute Gasteiger partial charge is 0.243 e. The second-order valence-corrected chi connectivity index (χ2v) is 14.0. The van der Waals surface area contributed by atoms with Crippen LogP contribution in [0, 0.1) is 24.2 Å². The molecule has 0 radical (unpaired) electrons. The first-order valence-electron chi connectivity index (χ1n) is 13.5. The fourth-order valence-corrected chi connectivity index (χ4v) is 8.06. The first-order chi connectivity index (χ1) is 17.6. The lowest BCUT2D eigenvalue weighted by Crippen LogP contribution is -2.53.